The van der Waals surface area contributed by atoms with Crippen LogP contribution in [0.4, 0.5) is 0 Å². The van der Waals surface area contributed by atoms with Gasteiger partial charge in [0.1, 0.15) is 0 Å². The summed E-state index contributed by atoms with van der Waals surface area (Å²) < 4.78 is 0. The Balaban J connectivity index is 2.54. The first-order valence-electron chi connectivity index (χ1n) is 6.90. The lowest BCUT2D eigenvalue weighted by Gasteiger charge is -2.15. The largest absolute Gasteiger partial charge is 0.328 e. The summed E-state index contributed by atoms with van der Waals surface area (Å²) in [5, 5.41) is 0. The van der Waals surface area contributed by atoms with E-state index in [1.807, 2.05) is 0 Å². The van der Waals surface area contributed by atoms with E-state index in [-0.39, 0.29) is 0 Å². The van der Waals surface area contributed by atoms with E-state index in [1.165, 1.54) is 17.5 Å². The zero-order valence-corrected chi connectivity index (χ0v) is 11.7. The second-order valence-electron chi connectivity index (χ2n) is 5.47. The lowest BCUT2D eigenvalue weighted by Crippen LogP contribution is -2.18. The Hall–Kier alpha value is -0.820. The highest BCUT2D eigenvalue weighted by Crippen LogP contribution is 2.23. The van der Waals surface area contributed by atoms with E-state index in [1.54, 1.807) is 0 Å². The molecule has 0 fully saturated rings. The number of rotatable bonds is 6. The highest BCUT2D eigenvalue weighted by atomic mass is 14.6. The number of nitrogens with two attached hydrogens (primary N) is 1. The molecule has 0 aliphatic rings. The molecule has 0 bridgehead atoms. The fraction of sp³-hybridized carbons (Fsp3) is 0.625. The van der Waals surface area contributed by atoms with Gasteiger partial charge in [-0.15, -0.1) is 0 Å². The van der Waals surface area contributed by atoms with Crippen molar-refractivity contribution >= 4 is 0 Å². The molecule has 2 N–H and O–H groups in total. The summed E-state index contributed by atoms with van der Waals surface area (Å²) >= 11 is 0. The maximum Gasteiger partial charge on any atom is 0.00364 e. The van der Waals surface area contributed by atoms with E-state index in [0.29, 0.717) is 17.9 Å². The predicted molar refractivity (Wildman–Crippen MR) is 76.4 cm³/mol. The van der Waals surface area contributed by atoms with Crippen LogP contribution in [0.1, 0.15) is 69.9 Å². The summed E-state index contributed by atoms with van der Waals surface area (Å²) in [7, 11) is 0. The zero-order chi connectivity index (χ0) is 12.8. The van der Waals surface area contributed by atoms with Gasteiger partial charge in [0, 0.05) is 6.04 Å². The SMILES string of the molecule is CCC(N)CCC(C)c1ccc(C(C)C)cc1. The van der Waals surface area contributed by atoms with E-state index < -0.39 is 0 Å². The molecule has 0 aliphatic carbocycles. The van der Waals surface area contributed by atoms with E-state index in [9.17, 15) is 0 Å². The first kappa shape index (κ1) is 14.2. The van der Waals surface area contributed by atoms with Crippen molar-refractivity contribution in [1.29, 1.82) is 0 Å². The van der Waals surface area contributed by atoms with Gasteiger partial charge in [-0.25, -0.2) is 0 Å². The maximum absolute atomic E-state index is 5.96. The molecule has 0 aromatic heterocycles. The fourth-order valence-corrected chi connectivity index (χ4v) is 2.04. The molecule has 1 rings (SSSR count). The Bertz CT molecular complexity index is 313. The number of hydrogen-bond acceptors (Lipinski definition) is 1. The van der Waals surface area contributed by atoms with Crippen LogP contribution in [0.2, 0.25) is 0 Å². The molecule has 0 amide bonds. The van der Waals surface area contributed by atoms with Crippen LogP contribution in [0.3, 0.4) is 0 Å². The summed E-state index contributed by atoms with van der Waals surface area (Å²) in [5.74, 6) is 1.24. The van der Waals surface area contributed by atoms with Gasteiger partial charge < -0.3 is 5.73 Å². The summed E-state index contributed by atoms with van der Waals surface area (Å²) in [6.07, 6.45) is 3.40. The molecular formula is C16H27N. The molecule has 0 heterocycles. The van der Waals surface area contributed by atoms with Gasteiger partial charge in [-0.2, -0.15) is 0 Å². The molecule has 1 heteroatoms. The molecule has 0 saturated carbocycles. The van der Waals surface area contributed by atoms with Crippen LogP contribution in [0.5, 0.6) is 0 Å². The smallest absolute Gasteiger partial charge is 0.00364 e. The van der Waals surface area contributed by atoms with Crippen LogP contribution in [-0.2, 0) is 0 Å². The molecule has 2 atom stereocenters. The van der Waals surface area contributed by atoms with Crippen LogP contribution in [0, 0.1) is 0 Å². The van der Waals surface area contributed by atoms with Gasteiger partial charge in [0.25, 0.3) is 0 Å². The van der Waals surface area contributed by atoms with Crippen molar-refractivity contribution in [3.8, 4) is 0 Å². The van der Waals surface area contributed by atoms with E-state index >= 15 is 0 Å². The van der Waals surface area contributed by atoms with Gasteiger partial charge in [-0.05, 0) is 42.2 Å². The van der Waals surface area contributed by atoms with Gasteiger partial charge in [-0.3, -0.25) is 0 Å². The second kappa shape index (κ2) is 6.80. The summed E-state index contributed by atoms with van der Waals surface area (Å²) in [5.41, 5.74) is 8.83. The topological polar surface area (TPSA) is 26.0 Å². The van der Waals surface area contributed by atoms with Crippen LogP contribution >= 0.6 is 0 Å². The average molecular weight is 233 g/mol. The van der Waals surface area contributed by atoms with Crippen LogP contribution < -0.4 is 5.73 Å². The maximum atomic E-state index is 5.96. The van der Waals surface area contributed by atoms with Gasteiger partial charge in [0.2, 0.25) is 0 Å². The molecule has 0 radical (unpaired) electrons. The average Bonchev–Trinajstić information content (AvgIpc) is 2.35. The molecule has 0 aliphatic heterocycles. The van der Waals surface area contributed by atoms with Crippen molar-refractivity contribution < 1.29 is 0 Å². The third-order valence-electron chi connectivity index (χ3n) is 3.67. The van der Waals surface area contributed by atoms with Gasteiger partial charge in [0.05, 0.1) is 0 Å². The lowest BCUT2D eigenvalue weighted by molar-refractivity contribution is 0.530. The van der Waals surface area contributed by atoms with Crippen LogP contribution in [0.25, 0.3) is 0 Å². The molecule has 17 heavy (non-hydrogen) atoms. The highest BCUT2D eigenvalue weighted by Gasteiger charge is 2.08. The van der Waals surface area contributed by atoms with Gasteiger partial charge >= 0.3 is 0 Å². The molecule has 2 unspecified atom stereocenters. The van der Waals surface area contributed by atoms with Crippen molar-refractivity contribution in [3.05, 3.63) is 35.4 Å². The number of hydrogen-bond donors (Lipinski definition) is 1. The minimum absolute atomic E-state index is 0.368. The molecule has 0 saturated heterocycles. The molecular weight excluding hydrogens is 206 g/mol. The minimum atomic E-state index is 0.368. The highest BCUT2D eigenvalue weighted by molar-refractivity contribution is 5.26. The Morgan fingerprint density at radius 2 is 1.47 bits per heavy atom. The third-order valence-corrected chi connectivity index (χ3v) is 3.67. The van der Waals surface area contributed by atoms with Crippen molar-refractivity contribution in [2.24, 2.45) is 5.73 Å². The van der Waals surface area contributed by atoms with E-state index in [0.717, 1.165) is 12.8 Å². The predicted octanol–water partition coefficient (Wildman–Crippen LogP) is 4.43. The third kappa shape index (κ3) is 4.51. The normalized spacial score (nSPS) is 14.9. The molecule has 96 valence electrons. The first-order valence-corrected chi connectivity index (χ1v) is 6.90. The summed E-state index contributed by atoms with van der Waals surface area (Å²) in [6, 6.07) is 9.44. The monoisotopic (exact) mass is 233 g/mol. The minimum Gasteiger partial charge on any atom is -0.328 e. The second-order valence-corrected chi connectivity index (χ2v) is 5.47. The summed E-state index contributed by atoms with van der Waals surface area (Å²) in [4.78, 5) is 0. The van der Waals surface area contributed by atoms with Crippen LogP contribution in [0.15, 0.2) is 24.3 Å². The van der Waals surface area contributed by atoms with Crippen molar-refractivity contribution in [2.45, 2.75) is 64.8 Å². The Morgan fingerprint density at radius 1 is 0.941 bits per heavy atom. The lowest BCUT2D eigenvalue weighted by atomic mass is 9.92. The summed E-state index contributed by atoms with van der Waals surface area (Å²) in [6.45, 7) is 8.93. The Morgan fingerprint density at radius 3 is 1.94 bits per heavy atom. The standard InChI is InChI=1S/C16H27N/c1-5-16(17)11-6-13(4)15-9-7-14(8-10-15)12(2)3/h7-10,12-13,16H,5-6,11,17H2,1-4H3. The molecule has 1 aromatic carbocycles. The molecule has 1 aromatic rings. The Labute approximate surface area is 106 Å². The molecule has 0 spiro atoms. The van der Waals surface area contributed by atoms with Crippen molar-refractivity contribution in [3.63, 3.8) is 0 Å². The van der Waals surface area contributed by atoms with Crippen molar-refractivity contribution in [2.75, 3.05) is 0 Å². The van der Waals surface area contributed by atoms with E-state index in [4.69, 9.17) is 5.73 Å². The quantitative estimate of drug-likeness (QED) is 0.772. The fourth-order valence-electron chi connectivity index (χ4n) is 2.04. The zero-order valence-electron chi connectivity index (χ0n) is 11.7. The van der Waals surface area contributed by atoms with Gasteiger partial charge in [-0.1, -0.05) is 52.0 Å². The number of benzene rings is 1. The van der Waals surface area contributed by atoms with E-state index in [2.05, 4.69) is 52.0 Å². The van der Waals surface area contributed by atoms with Crippen LogP contribution in [-0.4, -0.2) is 6.04 Å². The molecule has 1 nitrogen and oxygen atoms in total. The van der Waals surface area contributed by atoms with Gasteiger partial charge in [0.15, 0.2) is 0 Å². The van der Waals surface area contributed by atoms with Crippen molar-refractivity contribution in [1.82, 2.24) is 0 Å². The Kier molecular flexibility index (Phi) is 5.70. The first-order chi connectivity index (χ1) is 8.04.